The standard InChI is InChI=1S/C46H32N4.C44H27N3O.C44H27N3S/c1-46(2)38-28-35(30-17-7-4-8-18-30)34(29-15-5-3-6-16-29)27-37(38)42-43(39-22-13-14-24-47-39)48-45(49-44(42)46)50-40-23-12-11-21-33(40)36-25-31-19-9-10-20-32(31)26-41(36)50;2*1-4-14-28(15-5-1)34-26-37-40(27-35(34)29-16-6-2-7-17-29)48-43-41(37)42(30-18-8-3-9-19-30)45-44(46-43)47-38-23-13-12-22-33(38)36-24-31-20-10-11-21-32(31)25-39(36)47/h3-28H,1-2H3;2*1-27H. The average Bonchev–Trinajstić information content (AvgIpc) is 1.57. The molecule has 0 aliphatic heterocycles. The maximum absolute atomic E-state index is 6.74. The zero-order chi connectivity index (χ0) is 96.6. The molecule has 9 aromatic heterocycles. The summed E-state index contributed by atoms with van der Waals surface area (Å²) in [6.07, 6.45) is 1.85. The van der Waals surface area contributed by atoms with Gasteiger partial charge in [0, 0.05) is 81.5 Å². The van der Waals surface area contributed by atoms with E-state index in [9.17, 15) is 0 Å². The Morgan fingerprint density at radius 1 is 0.240 bits per heavy atom. The van der Waals surface area contributed by atoms with Crippen molar-refractivity contribution in [3.63, 3.8) is 0 Å². The van der Waals surface area contributed by atoms with Crippen LogP contribution < -0.4 is 0 Å². The Balaban J connectivity index is 0.000000106. The lowest BCUT2D eigenvalue weighted by atomic mass is 9.82. The fraction of sp³-hybridized carbons (Fsp3) is 0.0224. The summed E-state index contributed by atoms with van der Waals surface area (Å²) in [4.78, 5) is 38.3. The van der Waals surface area contributed by atoms with Crippen molar-refractivity contribution in [2.24, 2.45) is 0 Å². The molecule has 0 unspecified atom stereocenters. The van der Waals surface area contributed by atoms with Gasteiger partial charge < -0.3 is 4.42 Å². The van der Waals surface area contributed by atoms with Crippen LogP contribution in [0.25, 0.3) is 270 Å². The van der Waals surface area contributed by atoms with Crippen molar-refractivity contribution in [2.45, 2.75) is 19.3 Å². The van der Waals surface area contributed by atoms with Gasteiger partial charge in [0.25, 0.3) is 0 Å². The zero-order valence-corrected chi connectivity index (χ0v) is 80.3. The van der Waals surface area contributed by atoms with Gasteiger partial charge in [0.1, 0.15) is 16.1 Å². The second kappa shape index (κ2) is 34.8. The topological polar surface area (TPSA) is 118 Å². The van der Waals surface area contributed by atoms with E-state index in [2.05, 4.69) is 483 Å². The maximum Gasteiger partial charge on any atom is 0.238 e. The number of para-hydroxylation sites is 3. The highest BCUT2D eigenvalue weighted by atomic mass is 32.1. The molecule has 0 radical (unpaired) electrons. The molecule has 0 saturated heterocycles. The van der Waals surface area contributed by atoms with Crippen molar-refractivity contribution in [1.29, 1.82) is 0 Å². The van der Waals surface area contributed by atoms with Crippen molar-refractivity contribution in [2.75, 3.05) is 0 Å². The van der Waals surface area contributed by atoms with E-state index in [1.807, 2.05) is 30.5 Å². The van der Waals surface area contributed by atoms with E-state index < -0.39 is 5.41 Å². The van der Waals surface area contributed by atoms with Crippen molar-refractivity contribution < 1.29 is 4.42 Å². The first-order chi connectivity index (χ1) is 72.2. The van der Waals surface area contributed by atoms with Crippen molar-refractivity contribution in [3.05, 3.63) is 497 Å². The molecule has 0 atom stereocenters. The van der Waals surface area contributed by atoms with E-state index in [1.54, 1.807) is 11.3 Å². The highest BCUT2D eigenvalue weighted by Crippen LogP contribution is 2.56. The molecule has 0 fully saturated rings. The number of pyridine rings is 1. The second-order valence-electron chi connectivity index (χ2n) is 38.1. The van der Waals surface area contributed by atoms with Gasteiger partial charge in [-0.3, -0.25) is 18.7 Å². The quantitative estimate of drug-likeness (QED) is 0.119. The van der Waals surface area contributed by atoms with E-state index in [0.29, 0.717) is 23.6 Å². The van der Waals surface area contributed by atoms with Gasteiger partial charge in [-0.05, 0) is 213 Å². The predicted octanol–water partition coefficient (Wildman–Crippen LogP) is 35.2. The van der Waals surface area contributed by atoms with Gasteiger partial charge in [0.15, 0.2) is 0 Å². The Kier molecular flexibility index (Phi) is 20.2. The number of furan rings is 1. The van der Waals surface area contributed by atoms with E-state index in [4.69, 9.17) is 39.3 Å². The molecule has 12 heteroatoms. The van der Waals surface area contributed by atoms with Crippen LogP contribution in [-0.2, 0) is 5.41 Å². The Hall–Kier alpha value is -19.0. The molecular weight excluding hydrogens is 1800 g/mol. The third kappa shape index (κ3) is 14.3. The fourth-order valence-corrected chi connectivity index (χ4v) is 23.5. The summed E-state index contributed by atoms with van der Waals surface area (Å²) in [5.74, 6) is 1.91. The minimum Gasteiger partial charge on any atom is -0.437 e. The summed E-state index contributed by atoms with van der Waals surface area (Å²) in [7, 11) is 0. The van der Waals surface area contributed by atoms with Crippen LogP contribution in [0.3, 0.4) is 0 Å². The monoisotopic (exact) mass is 1880 g/mol. The summed E-state index contributed by atoms with van der Waals surface area (Å²) < 4.78 is 14.6. The summed E-state index contributed by atoms with van der Waals surface area (Å²) in [5.41, 5.74) is 31.5. The zero-order valence-electron chi connectivity index (χ0n) is 79.5. The molecule has 11 nitrogen and oxygen atoms in total. The van der Waals surface area contributed by atoms with Crippen LogP contribution in [0.4, 0.5) is 0 Å². The van der Waals surface area contributed by atoms with Crippen LogP contribution in [0.5, 0.6) is 0 Å². The number of fused-ring (bicyclic) bond motifs is 21. The van der Waals surface area contributed by atoms with Gasteiger partial charge in [-0.2, -0.15) is 4.98 Å². The third-order valence-corrected chi connectivity index (χ3v) is 30.3. The van der Waals surface area contributed by atoms with Gasteiger partial charge >= 0.3 is 0 Å². The molecule has 0 N–H and O–H groups in total. The minimum atomic E-state index is -0.407. The fourth-order valence-electron chi connectivity index (χ4n) is 22.4. The van der Waals surface area contributed by atoms with Gasteiger partial charge in [-0.15, -0.1) is 11.3 Å². The second-order valence-corrected chi connectivity index (χ2v) is 39.1. The first-order valence-corrected chi connectivity index (χ1v) is 50.3. The third-order valence-electron chi connectivity index (χ3n) is 29.2. The molecule has 0 saturated carbocycles. The van der Waals surface area contributed by atoms with Crippen LogP contribution in [0.1, 0.15) is 25.1 Å². The molecule has 146 heavy (non-hydrogen) atoms. The Morgan fingerprint density at radius 3 is 1.00 bits per heavy atom. The van der Waals surface area contributed by atoms with Crippen LogP contribution in [0.2, 0.25) is 0 Å². The lowest BCUT2D eigenvalue weighted by molar-refractivity contribution is 0.633. The normalized spacial score (nSPS) is 12.2. The van der Waals surface area contributed by atoms with Gasteiger partial charge in [0.05, 0.1) is 61.3 Å². The van der Waals surface area contributed by atoms with Crippen LogP contribution >= 0.6 is 11.3 Å². The molecule has 20 aromatic carbocycles. The number of hydrogen-bond acceptors (Lipinski definition) is 9. The molecule has 9 heterocycles. The number of rotatable bonds is 12. The summed E-state index contributed by atoms with van der Waals surface area (Å²) in [6.45, 7) is 4.60. The first kappa shape index (κ1) is 85.0. The maximum atomic E-state index is 6.74. The van der Waals surface area contributed by atoms with Crippen LogP contribution in [-0.4, -0.2) is 48.6 Å². The lowest BCUT2D eigenvalue weighted by Gasteiger charge is -2.23. The SMILES string of the molecule is CC1(C)c2cc(-c3ccccc3)c(-c3ccccc3)cc2-c2c(-c3ccccn3)nc(-n3c4ccccc4c4cc5ccccc5cc43)nc21.c1ccc(-c2cc3oc4nc(-n5c6ccccc6c6cc7ccccc7cc65)nc(-c5ccccc5)c4c3cc2-c2ccccc2)cc1.c1ccc(-c2cc3sc4nc(-n5c6ccccc6c6cc7ccccc7cc65)nc(-c5ccccc5)c4c3cc2-c2ccccc2)cc1. The lowest BCUT2D eigenvalue weighted by Crippen LogP contribution is -2.19. The molecule has 0 bridgehead atoms. The van der Waals surface area contributed by atoms with Crippen LogP contribution in [0, 0.1) is 0 Å². The number of hydrogen-bond donors (Lipinski definition) is 0. The number of aromatic nitrogens is 10. The van der Waals surface area contributed by atoms with Gasteiger partial charge in [-0.1, -0.05) is 390 Å². The highest BCUT2D eigenvalue weighted by Gasteiger charge is 2.42. The number of nitrogens with zero attached hydrogens (tertiary/aromatic N) is 10. The Morgan fingerprint density at radius 2 is 0.575 bits per heavy atom. The predicted molar refractivity (Wildman–Crippen MR) is 606 cm³/mol. The molecule has 0 spiro atoms. The smallest absolute Gasteiger partial charge is 0.238 e. The Bertz CT molecular complexity index is 9870. The van der Waals surface area contributed by atoms with E-state index in [1.165, 1.54) is 119 Å². The van der Waals surface area contributed by atoms with Gasteiger partial charge in [-0.25, -0.2) is 24.9 Å². The van der Waals surface area contributed by atoms with E-state index in [-0.39, 0.29) is 0 Å². The average molecular weight is 1880 g/mol. The van der Waals surface area contributed by atoms with Gasteiger partial charge in [0.2, 0.25) is 23.6 Å². The summed E-state index contributed by atoms with van der Waals surface area (Å²) in [5, 5.41) is 18.4. The summed E-state index contributed by atoms with van der Waals surface area (Å²) in [6, 6.07) is 170. The first-order valence-electron chi connectivity index (χ1n) is 49.5. The molecule has 29 aromatic rings. The van der Waals surface area contributed by atoms with Crippen molar-refractivity contribution in [3.8, 4) is 130 Å². The molecular formula is C134H86N10OS. The largest absolute Gasteiger partial charge is 0.437 e. The molecule has 684 valence electrons. The minimum absolute atomic E-state index is 0.407. The number of benzene rings is 20. The molecule has 1 aliphatic rings. The Labute approximate surface area is 843 Å². The van der Waals surface area contributed by atoms with E-state index in [0.717, 1.165) is 138 Å². The molecule has 30 rings (SSSR count). The summed E-state index contributed by atoms with van der Waals surface area (Å²) >= 11 is 1.74. The van der Waals surface area contributed by atoms with Crippen molar-refractivity contribution in [1.82, 2.24) is 48.6 Å². The van der Waals surface area contributed by atoms with Crippen molar-refractivity contribution >= 4 is 151 Å². The molecule has 0 amide bonds. The van der Waals surface area contributed by atoms with E-state index >= 15 is 0 Å². The number of thiophene rings is 1. The highest BCUT2D eigenvalue weighted by molar-refractivity contribution is 7.25. The molecule has 1 aliphatic carbocycles. The van der Waals surface area contributed by atoms with Crippen LogP contribution in [0.15, 0.2) is 490 Å².